The molecule has 1 atom stereocenters. The first-order chi connectivity index (χ1) is 49.3. The molecule has 0 heterocycles. The van der Waals surface area contributed by atoms with Crippen LogP contribution >= 0.6 is 15.9 Å². The van der Waals surface area contributed by atoms with Gasteiger partial charge < -0.3 is 47.8 Å². The molecule has 15 nitrogen and oxygen atoms in total. The normalized spacial score (nSPS) is 12.2. The quantitative estimate of drug-likeness (QED) is 0.0229. The van der Waals surface area contributed by atoms with Gasteiger partial charge in [0.15, 0.2) is 5.78 Å². The molecule has 0 radical (unpaired) electrons. The number of allylic oxidation sites excluding steroid dienone is 2. The predicted molar refractivity (Wildman–Crippen MR) is 428 cm³/mol. The number of rotatable bonds is 20. The maximum absolute atomic E-state index is 12.3. The summed E-state index contributed by atoms with van der Waals surface area (Å²) in [5.74, 6) is 3.17. The average Bonchev–Trinajstić information content (AvgIpc) is 0.802. The molecule has 0 aromatic heterocycles. The second-order valence-electron chi connectivity index (χ2n) is 26.9. The molecule has 17 heteroatoms. The summed E-state index contributed by atoms with van der Waals surface area (Å²) in [4.78, 5) is 69.3. The molecule has 1 aliphatic rings. The molecular weight excluding hydrogens is 1410 g/mol. The van der Waals surface area contributed by atoms with Crippen LogP contribution in [0.3, 0.4) is 0 Å². The van der Waals surface area contributed by atoms with E-state index >= 15 is 0 Å². The van der Waals surface area contributed by atoms with Crippen molar-refractivity contribution in [3.8, 4) is 28.7 Å². The summed E-state index contributed by atoms with van der Waals surface area (Å²) < 4.78 is 40.4. The van der Waals surface area contributed by atoms with Gasteiger partial charge in [0, 0.05) is 30.2 Å². The van der Waals surface area contributed by atoms with E-state index in [2.05, 4.69) is 53.2 Å². The van der Waals surface area contributed by atoms with Crippen LogP contribution in [0.4, 0.5) is 0 Å². The smallest absolute Gasteiger partial charge is 0.549 e. The number of halogens is 1. The Bertz CT molecular complexity index is 4520. The van der Waals surface area contributed by atoms with Gasteiger partial charge in [-0.2, -0.15) is 0 Å². The maximum Gasteiger partial charge on any atom is 1.00 e. The summed E-state index contributed by atoms with van der Waals surface area (Å²) in [7, 11) is 9.70. The monoisotopic (exact) mass is 1520 g/mol. The third kappa shape index (κ3) is 24.6. The van der Waals surface area contributed by atoms with E-state index in [1.807, 2.05) is 201 Å². The predicted octanol–water partition coefficient (Wildman–Crippen LogP) is 17.0. The van der Waals surface area contributed by atoms with E-state index < -0.39 is 26.5 Å². The van der Waals surface area contributed by atoms with E-state index in [4.69, 9.17) is 37.9 Å². The van der Waals surface area contributed by atoms with Gasteiger partial charge >= 0.3 is 47.5 Å². The zero-order chi connectivity index (χ0) is 77.3. The minimum absolute atomic E-state index is 0. The van der Waals surface area contributed by atoms with E-state index in [9.17, 15) is 33.9 Å². The summed E-state index contributed by atoms with van der Waals surface area (Å²) in [6, 6.07) is 53.8. The van der Waals surface area contributed by atoms with Gasteiger partial charge in [0.25, 0.3) is 0 Å². The summed E-state index contributed by atoms with van der Waals surface area (Å²) in [6.07, 6.45) is 7.38. The molecule has 9 aromatic carbocycles. The number of esters is 3. The molecule has 0 N–H and O–H groups in total. The number of carbonyl (C=O) groups excluding carboxylic acids is 6. The molecule has 0 amide bonds. The van der Waals surface area contributed by atoms with Crippen molar-refractivity contribution in [1.29, 1.82) is 0 Å². The SMILES string of the molecule is C.CC=C(c1ccc2cc(OC)ccc2c1)C(C)(C)C(=O)OC.CC=C(c1ccc2cc(OC)ccc2c1)C(C)(C)C(=O)[O-].CCC(=O)c1ccc2cc(OC)ccc2c1.CCOC(=O)C(C)(C)Br.CCOC(=O)C(C)(C)C(CC)c1ccc2cc(OC)ccc2c1.COc1ccc2c(c1)CCC(=O)C2.[Na+]. The molecule has 0 saturated heterocycles. The van der Waals surface area contributed by atoms with Crippen LogP contribution in [0.5, 0.6) is 28.7 Å². The average molecular weight is 1520 g/mol. The molecule has 0 bridgehead atoms. The van der Waals surface area contributed by atoms with E-state index in [1.165, 1.54) is 18.2 Å². The van der Waals surface area contributed by atoms with Crippen molar-refractivity contribution >= 4 is 106 Å². The number of fused-ring (bicyclic) bond motifs is 5. The van der Waals surface area contributed by atoms with Crippen molar-refractivity contribution in [1.82, 2.24) is 0 Å². The Kier molecular flexibility index (Phi) is 36.7. The summed E-state index contributed by atoms with van der Waals surface area (Å²) in [6.45, 7) is 26.8. The standard InChI is InChI=1S/C20H26O3.C19H22O3.C18H20O3.C14H14O2.C11H12O2.C6H11BrO2.CH4.Na/c1-6-18(20(3,4)19(21)23-7-2)16-9-8-15-13-17(22-5)11-10-14(15)12-16;1-6-17(19(2,3)18(20)22-5)15-8-7-14-12-16(21-4)10-9-13(14)11-15;1-5-16(18(2,3)17(19)20)14-7-6-13-11-15(21-4)9-8-12(13)10-14;1-3-14(15)12-5-4-11-9-13(16-2)7-6-10(11)8-12;1-13-11-5-3-8-6-10(12)4-2-9(8)7-11;1-4-9-5(8)6(2,3)7;;/h8-13,18H,6-7H2,1-5H3;6-12H,1-5H3;5-11H,1-4H3,(H,19,20);4-9H,3H2,1-2H3;3,5,7H,2,4,6H2,1H3;4H2,1-3H3;1H4;/q;;;;;;;+1/p-1. The number of carboxylic acid groups (broad SMARTS) is 1. The summed E-state index contributed by atoms with van der Waals surface area (Å²) in [5.41, 5.74) is 5.72. The van der Waals surface area contributed by atoms with Crippen molar-refractivity contribution in [2.45, 2.75) is 147 Å². The number of alkyl halides is 1. The number of methoxy groups -OCH3 is 6. The van der Waals surface area contributed by atoms with Crippen LogP contribution in [0.2, 0.25) is 0 Å². The number of carbonyl (C=O) groups is 6. The molecule has 9 aromatic rings. The van der Waals surface area contributed by atoms with E-state index in [-0.39, 0.29) is 66.6 Å². The fraction of sp³-hybridized carbons (Fsp3) is 0.371. The molecule has 0 spiro atoms. The third-order valence-electron chi connectivity index (χ3n) is 18.3. The van der Waals surface area contributed by atoms with Crippen LogP contribution in [-0.2, 0) is 51.0 Å². The van der Waals surface area contributed by atoms with Crippen molar-refractivity contribution < 1.29 is 101 Å². The van der Waals surface area contributed by atoms with Gasteiger partial charge in [0.05, 0.1) is 72.7 Å². The zero-order valence-electron chi connectivity index (χ0n) is 65.3. The van der Waals surface area contributed by atoms with Crippen LogP contribution < -0.4 is 58.3 Å². The van der Waals surface area contributed by atoms with Crippen LogP contribution in [-0.4, -0.2) is 95.6 Å². The van der Waals surface area contributed by atoms with Gasteiger partial charge in [-0.3, -0.25) is 24.0 Å². The second kappa shape index (κ2) is 42.5. The molecule has 106 heavy (non-hydrogen) atoms. The molecule has 1 aliphatic carbocycles. The Labute approximate surface area is 659 Å². The van der Waals surface area contributed by atoms with Gasteiger partial charge in [-0.15, -0.1) is 0 Å². The number of hydrogen-bond donors (Lipinski definition) is 0. The van der Waals surface area contributed by atoms with Gasteiger partial charge in [-0.05, 0) is 249 Å². The second-order valence-corrected chi connectivity index (χ2v) is 28.9. The molecule has 562 valence electrons. The first-order valence-corrected chi connectivity index (χ1v) is 35.8. The number of ether oxygens (including phenoxy) is 8. The minimum atomic E-state index is -1.08. The van der Waals surface area contributed by atoms with Crippen LogP contribution in [0, 0.1) is 16.2 Å². The summed E-state index contributed by atoms with van der Waals surface area (Å²) in [5, 5.41) is 20.1. The first-order valence-electron chi connectivity index (χ1n) is 35.0. The Morgan fingerprint density at radius 1 is 0.453 bits per heavy atom. The zero-order valence-corrected chi connectivity index (χ0v) is 68.9. The molecule has 0 saturated carbocycles. The number of benzene rings is 9. The molecule has 0 aliphatic heterocycles. The van der Waals surface area contributed by atoms with Gasteiger partial charge in [0.2, 0.25) is 0 Å². The number of aryl methyl sites for hydroxylation is 1. The number of hydrogen-bond acceptors (Lipinski definition) is 15. The largest absolute Gasteiger partial charge is 1.00 e. The van der Waals surface area contributed by atoms with Crippen molar-refractivity contribution in [2.75, 3.05) is 55.9 Å². The maximum atomic E-state index is 12.3. The van der Waals surface area contributed by atoms with Crippen molar-refractivity contribution in [3.63, 3.8) is 0 Å². The third-order valence-corrected chi connectivity index (χ3v) is 18.7. The minimum Gasteiger partial charge on any atom is -0.549 e. The fourth-order valence-electron chi connectivity index (χ4n) is 12.2. The Morgan fingerprint density at radius 2 is 0.811 bits per heavy atom. The Balaban J connectivity index is 0.000000336. The first kappa shape index (κ1) is 91.4. The van der Waals surface area contributed by atoms with Crippen LogP contribution in [0.15, 0.2) is 176 Å². The van der Waals surface area contributed by atoms with E-state index in [0.717, 1.165) is 118 Å². The molecule has 1 unspecified atom stereocenters. The van der Waals surface area contributed by atoms with Crippen molar-refractivity contribution in [3.05, 3.63) is 209 Å². The number of ketones is 2. The molecular formula is C89H108BrNaO15. The molecule has 0 fully saturated rings. The Hall–Kier alpha value is -8.80. The number of carboxylic acids is 1. The van der Waals surface area contributed by atoms with Gasteiger partial charge in [-0.25, -0.2) is 0 Å². The van der Waals surface area contributed by atoms with E-state index in [1.54, 1.807) is 70.2 Å². The number of aliphatic carboxylic acids is 1. The van der Waals surface area contributed by atoms with Gasteiger partial charge in [0.1, 0.15) is 38.9 Å². The van der Waals surface area contributed by atoms with E-state index in [0.29, 0.717) is 38.3 Å². The summed E-state index contributed by atoms with van der Waals surface area (Å²) >= 11 is 3.17. The van der Waals surface area contributed by atoms with Crippen LogP contribution in [0.25, 0.3) is 54.2 Å². The Morgan fingerprint density at radius 3 is 1.18 bits per heavy atom. The van der Waals surface area contributed by atoms with Crippen LogP contribution in [0.1, 0.15) is 168 Å². The van der Waals surface area contributed by atoms with Crippen molar-refractivity contribution in [2.24, 2.45) is 16.2 Å². The number of Topliss-reactive ketones (excluding diaryl/α,β-unsaturated/α-hetero) is 2. The topological polar surface area (TPSA) is 199 Å². The molecule has 10 rings (SSSR count). The fourth-order valence-corrected chi connectivity index (χ4v) is 12.4. The van der Waals surface area contributed by atoms with Gasteiger partial charge in [-0.1, -0.05) is 148 Å².